The summed E-state index contributed by atoms with van der Waals surface area (Å²) in [6, 6.07) is 10.1. The highest BCUT2D eigenvalue weighted by molar-refractivity contribution is 7.99. The molecule has 0 radical (unpaired) electrons. The van der Waals surface area contributed by atoms with Crippen molar-refractivity contribution in [3.63, 3.8) is 0 Å². The lowest BCUT2D eigenvalue weighted by atomic mass is 10.1. The number of hydrogen-bond donors (Lipinski definition) is 1. The zero-order valence-electron chi connectivity index (χ0n) is 18.5. The van der Waals surface area contributed by atoms with Gasteiger partial charge < -0.3 is 19.0 Å². The minimum Gasteiger partial charge on any atom is -0.465 e. The molecule has 168 valence electrons. The quantitative estimate of drug-likeness (QED) is 0.308. The first-order chi connectivity index (χ1) is 15.5. The number of methoxy groups -OCH3 is 1. The van der Waals surface area contributed by atoms with Crippen LogP contribution in [0.2, 0.25) is 0 Å². The van der Waals surface area contributed by atoms with Crippen LogP contribution in [-0.2, 0) is 16.0 Å². The monoisotopic (exact) mass is 453 g/mol. The van der Waals surface area contributed by atoms with Crippen molar-refractivity contribution in [2.24, 2.45) is 0 Å². The minimum absolute atomic E-state index is 0.0846. The maximum Gasteiger partial charge on any atom is 0.339 e. The van der Waals surface area contributed by atoms with Crippen molar-refractivity contribution in [1.82, 2.24) is 14.5 Å². The van der Waals surface area contributed by atoms with Gasteiger partial charge >= 0.3 is 5.97 Å². The van der Waals surface area contributed by atoms with Crippen LogP contribution in [-0.4, -0.2) is 51.9 Å². The lowest BCUT2D eigenvalue weighted by Crippen LogP contribution is -2.17. The van der Waals surface area contributed by atoms with Gasteiger partial charge in [0.2, 0.25) is 0 Å². The summed E-state index contributed by atoms with van der Waals surface area (Å²) >= 11 is 1.40. The first-order valence-electron chi connectivity index (χ1n) is 10.7. The van der Waals surface area contributed by atoms with Gasteiger partial charge in [0.15, 0.2) is 10.9 Å². The number of benzene rings is 1. The van der Waals surface area contributed by atoms with E-state index in [4.69, 9.17) is 9.47 Å². The summed E-state index contributed by atoms with van der Waals surface area (Å²) in [7, 11) is 1.34. The van der Waals surface area contributed by atoms with Crippen molar-refractivity contribution in [2.75, 3.05) is 19.5 Å². The molecular weight excluding hydrogens is 426 g/mol. The van der Waals surface area contributed by atoms with Crippen molar-refractivity contribution in [3.05, 3.63) is 59.0 Å². The Bertz CT molecular complexity index is 1110. The maximum atomic E-state index is 13.0. The van der Waals surface area contributed by atoms with Crippen LogP contribution in [0.15, 0.2) is 41.7 Å². The molecule has 0 bridgehead atoms. The Morgan fingerprint density at radius 3 is 2.75 bits per heavy atom. The third-order valence-corrected chi connectivity index (χ3v) is 6.73. The van der Waals surface area contributed by atoms with Crippen LogP contribution in [0.25, 0.3) is 11.3 Å². The Kier molecular flexibility index (Phi) is 6.81. The van der Waals surface area contributed by atoms with Gasteiger partial charge in [0, 0.05) is 12.3 Å². The third-order valence-electron chi connectivity index (χ3n) is 5.74. The van der Waals surface area contributed by atoms with Gasteiger partial charge in [0.25, 0.3) is 0 Å². The smallest absolute Gasteiger partial charge is 0.339 e. The Labute approximate surface area is 191 Å². The van der Waals surface area contributed by atoms with Crippen LogP contribution in [0.4, 0.5) is 0 Å². The average molecular weight is 454 g/mol. The number of aromatic nitrogens is 3. The highest BCUT2D eigenvalue weighted by atomic mass is 32.2. The topological polar surface area (TPSA) is 86.2 Å². The molecule has 1 saturated heterocycles. The SMILES string of the molecule is COC(=O)c1c(C)[nH]c(C(=O)CSc2ncc(-c3ccccc3)n2C[C@H]2CCCO2)c1C. The number of aryl methyl sites for hydroxylation is 1. The highest BCUT2D eigenvalue weighted by Crippen LogP contribution is 2.29. The predicted molar refractivity (Wildman–Crippen MR) is 123 cm³/mol. The summed E-state index contributed by atoms with van der Waals surface area (Å²) in [5, 5.41) is 0.779. The highest BCUT2D eigenvalue weighted by Gasteiger charge is 2.24. The molecule has 0 unspecified atom stereocenters. The van der Waals surface area contributed by atoms with Gasteiger partial charge in [-0.15, -0.1) is 0 Å². The van der Waals surface area contributed by atoms with E-state index < -0.39 is 5.97 Å². The van der Waals surface area contributed by atoms with Crippen molar-refractivity contribution in [3.8, 4) is 11.3 Å². The van der Waals surface area contributed by atoms with E-state index in [-0.39, 0.29) is 17.6 Å². The Morgan fingerprint density at radius 1 is 1.28 bits per heavy atom. The number of rotatable bonds is 8. The van der Waals surface area contributed by atoms with Crippen molar-refractivity contribution >= 4 is 23.5 Å². The predicted octanol–water partition coefficient (Wildman–Crippen LogP) is 4.44. The van der Waals surface area contributed by atoms with Gasteiger partial charge in [0.1, 0.15) is 0 Å². The van der Waals surface area contributed by atoms with Crippen LogP contribution < -0.4 is 0 Å². The van der Waals surface area contributed by atoms with E-state index in [1.54, 1.807) is 13.8 Å². The number of ketones is 1. The van der Waals surface area contributed by atoms with Gasteiger partial charge in [-0.3, -0.25) is 4.79 Å². The molecule has 2 aromatic heterocycles. The fraction of sp³-hybridized carbons (Fsp3) is 0.375. The number of Topliss-reactive ketones (excluding diaryl/α,β-unsaturated/α-hetero) is 1. The number of carbonyl (C=O) groups is 2. The van der Waals surface area contributed by atoms with Gasteiger partial charge in [0.05, 0.1) is 48.7 Å². The second-order valence-corrected chi connectivity index (χ2v) is 8.81. The first-order valence-corrected chi connectivity index (χ1v) is 11.6. The molecule has 1 atom stereocenters. The molecule has 8 heteroatoms. The lowest BCUT2D eigenvalue weighted by Gasteiger charge is -2.16. The van der Waals surface area contributed by atoms with E-state index in [2.05, 4.69) is 26.7 Å². The number of nitrogens with zero attached hydrogens (tertiary/aromatic N) is 2. The number of H-pyrrole nitrogens is 1. The molecule has 7 nitrogen and oxygen atoms in total. The molecule has 1 N–H and O–H groups in total. The number of ether oxygens (including phenoxy) is 2. The third kappa shape index (κ3) is 4.52. The molecular formula is C24H27N3O4S. The molecule has 3 aromatic rings. The normalized spacial score (nSPS) is 15.8. The van der Waals surface area contributed by atoms with E-state index in [0.29, 0.717) is 29.1 Å². The summed E-state index contributed by atoms with van der Waals surface area (Å²) in [4.78, 5) is 32.7. The second kappa shape index (κ2) is 9.75. The van der Waals surface area contributed by atoms with E-state index >= 15 is 0 Å². The Morgan fingerprint density at radius 2 is 2.06 bits per heavy atom. The molecule has 1 aromatic carbocycles. The molecule has 0 aliphatic carbocycles. The molecule has 4 rings (SSSR count). The van der Waals surface area contributed by atoms with E-state index in [0.717, 1.165) is 35.9 Å². The fourth-order valence-corrected chi connectivity index (χ4v) is 4.98. The first kappa shape index (κ1) is 22.4. The standard InChI is InChI=1S/C24H27N3O4S/c1-15-21(23(29)30-3)16(2)26-22(15)20(28)14-32-24-25-12-19(17-8-5-4-6-9-17)27(24)13-18-10-7-11-31-18/h4-6,8-9,12,18,26H,7,10-11,13-14H2,1-3H3/t18-/m1/s1. The van der Waals surface area contributed by atoms with Gasteiger partial charge in [-0.1, -0.05) is 42.1 Å². The van der Waals surface area contributed by atoms with E-state index in [1.165, 1.54) is 18.9 Å². The lowest BCUT2D eigenvalue weighted by molar-refractivity contribution is 0.0599. The van der Waals surface area contributed by atoms with Gasteiger partial charge in [-0.25, -0.2) is 9.78 Å². The van der Waals surface area contributed by atoms with Crippen LogP contribution in [0.1, 0.15) is 44.9 Å². The number of thioether (sulfide) groups is 1. The molecule has 0 spiro atoms. The van der Waals surface area contributed by atoms with Crippen LogP contribution >= 0.6 is 11.8 Å². The Hall–Kier alpha value is -2.84. The summed E-state index contributed by atoms with van der Waals surface area (Å²) in [5.74, 6) is -0.320. The van der Waals surface area contributed by atoms with Gasteiger partial charge in [-0.05, 0) is 37.8 Å². The number of nitrogens with one attached hydrogen (secondary N) is 1. The van der Waals surface area contributed by atoms with Crippen LogP contribution in [0.5, 0.6) is 0 Å². The molecule has 0 saturated carbocycles. The van der Waals surface area contributed by atoms with Crippen molar-refractivity contribution in [2.45, 2.75) is 44.5 Å². The second-order valence-electron chi connectivity index (χ2n) is 7.87. The summed E-state index contributed by atoms with van der Waals surface area (Å²) in [6.07, 6.45) is 4.09. The number of carbonyl (C=O) groups excluding carboxylic acids is 2. The number of hydrogen-bond acceptors (Lipinski definition) is 6. The fourth-order valence-electron chi connectivity index (χ4n) is 4.12. The van der Waals surface area contributed by atoms with Crippen LogP contribution in [0.3, 0.4) is 0 Å². The van der Waals surface area contributed by atoms with Crippen molar-refractivity contribution < 1.29 is 19.1 Å². The van der Waals surface area contributed by atoms with Crippen LogP contribution in [0, 0.1) is 13.8 Å². The molecule has 1 aliphatic heterocycles. The average Bonchev–Trinajstić information content (AvgIpc) is 3.52. The zero-order valence-corrected chi connectivity index (χ0v) is 19.3. The Balaban J connectivity index is 1.56. The molecule has 0 amide bonds. The van der Waals surface area contributed by atoms with Gasteiger partial charge in [-0.2, -0.15) is 0 Å². The maximum absolute atomic E-state index is 13.0. The molecule has 1 aliphatic rings. The number of aromatic amines is 1. The summed E-state index contributed by atoms with van der Waals surface area (Å²) in [5.41, 5.74) is 4.20. The molecule has 3 heterocycles. The van der Waals surface area contributed by atoms with E-state index in [9.17, 15) is 9.59 Å². The summed E-state index contributed by atoms with van der Waals surface area (Å²) in [6.45, 7) is 5.02. The largest absolute Gasteiger partial charge is 0.465 e. The molecule has 1 fully saturated rings. The van der Waals surface area contributed by atoms with Crippen molar-refractivity contribution in [1.29, 1.82) is 0 Å². The van der Waals surface area contributed by atoms with E-state index in [1.807, 2.05) is 24.4 Å². The number of imidazole rings is 1. The minimum atomic E-state index is -0.442. The summed E-state index contributed by atoms with van der Waals surface area (Å²) < 4.78 is 12.9. The molecule has 32 heavy (non-hydrogen) atoms. The zero-order chi connectivity index (χ0) is 22.7. The number of esters is 1.